The molecule has 2 N–H and O–H groups in total. The summed E-state index contributed by atoms with van der Waals surface area (Å²) in [6.45, 7) is 8.20. The second-order valence-corrected chi connectivity index (χ2v) is 10.3. The molecule has 0 aliphatic carbocycles. The highest BCUT2D eigenvalue weighted by molar-refractivity contribution is 5.68. The molecular formula is C33H38N2O6. The van der Waals surface area contributed by atoms with Gasteiger partial charge in [-0.3, -0.25) is 4.90 Å². The van der Waals surface area contributed by atoms with Gasteiger partial charge < -0.3 is 29.4 Å². The van der Waals surface area contributed by atoms with Gasteiger partial charge in [0, 0.05) is 38.2 Å². The van der Waals surface area contributed by atoms with E-state index in [9.17, 15) is 9.90 Å². The van der Waals surface area contributed by atoms with Gasteiger partial charge in [-0.05, 0) is 39.9 Å². The Labute approximate surface area is 241 Å². The van der Waals surface area contributed by atoms with Crippen LogP contribution in [0, 0.1) is 0 Å². The number of hydrogen-bond donors (Lipinski definition) is 2. The molecule has 0 spiro atoms. The molecular weight excluding hydrogens is 520 g/mol. The molecule has 2 saturated heterocycles. The van der Waals surface area contributed by atoms with Crippen LogP contribution in [0.2, 0.25) is 0 Å². The van der Waals surface area contributed by atoms with Gasteiger partial charge in [0.25, 0.3) is 0 Å². The van der Waals surface area contributed by atoms with E-state index >= 15 is 0 Å². The molecule has 0 bridgehead atoms. The number of benzene rings is 3. The third kappa shape index (κ3) is 8.03. The van der Waals surface area contributed by atoms with Crippen molar-refractivity contribution in [2.45, 2.75) is 38.1 Å². The molecule has 2 aliphatic rings. The van der Waals surface area contributed by atoms with Crippen LogP contribution in [0.25, 0.3) is 11.1 Å². The van der Waals surface area contributed by atoms with Crippen LogP contribution in [0.5, 0.6) is 0 Å². The molecule has 8 nitrogen and oxygen atoms in total. The number of rotatable bonds is 10. The molecule has 5 rings (SSSR count). The van der Waals surface area contributed by atoms with E-state index in [0.717, 1.165) is 72.6 Å². The summed E-state index contributed by atoms with van der Waals surface area (Å²) in [4.78, 5) is 14.2. The van der Waals surface area contributed by atoms with Crippen molar-refractivity contribution in [2.24, 2.45) is 0 Å². The Hall–Kier alpha value is -3.53. The van der Waals surface area contributed by atoms with Crippen LogP contribution in [-0.2, 0) is 32.1 Å². The molecule has 0 radical (unpaired) electrons. The van der Waals surface area contributed by atoms with Crippen molar-refractivity contribution in [2.75, 3.05) is 39.5 Å². The SMILES string of the molecule is C=CCOC(=O)NCc1cccc(-c2cccc(C3OC(CN4CCOCC4)CC(c4ccc(CO)cc4)O3)c2)c1. The fourth-order valence-electron chi connectivity index (χ4n) is 5.19. The quantitative estimate of drug-likeness (QED) is 0.333. The van der Waals surface area contributed by atoms with Gasteiger partial charge in [-0.15, -0.1) is 0 Å². The Kier molecular flexibility index (Phi) is 10.2. The van der Waals surface area contributed by atoms with Crippen LogP contribution >= 0.6 is 0 Å². The number of aliphatic hydroxyl groups excluding tert-OH is 1. The molecule has 3 unspecified atom stereocenters. The Balaban J connectivity index is 1.33. The van der Waals surface area contributed by atoms with Gasteiger partial charge in [-0.25, -0.2) is 4.79 Å². The lowest BCUT2D eigenvalue weighted by molar-refractivity contribution is -0.253. The van der Waals surface area contributed by atoms with Gasteiger partial charge in [0.15, 0.2) is 6.29 Å². The second kappa shape index (κ2) is 14.4. The first kappa shape index (κ1) is 29.0. The van der Waals surface area contributed by atoms with Crippen LogP contribution in [-0.4, -0.2) is 61.7 Å². The van der Waals surface area contributed by atoms with E-state index in [0.29, 0.717) is 6.54 Å². The molecule has 0 aromatic heterocycles. The summed E-state index contributed by atoms with van der Waals surface area (Å²) in [7, 11) is 0. The third-order valence-corrected chi connectivity index (χ3v) is 7.37. The van der Waals surface area contributed by atoms with E-state index < -0.39 is 12.4 Å². The van der Waals surface area contributed by atoms with Crippen molar-refractivity contribution in [1.29, 1.82) is 0 Å². The van der Waals surface area contributed by atoms with Crippen molar-refractivity contribution >= 4 is 6.09 Å². The Bertz CT molecular complexity index is 1290. The highest BCUT2D eigenvalue weighted by Crippen LogP contribution is 2.39. The maximum atomic E-state index is 11.8. The molecule has 41 heavy (non-hydrogen) atoms. The second-order valence-electron chi connectivity index (χ2n) is 10.3. The standard InChI is InChI=1S/C33H38N2O6/c1-2-15-39-33(37)34-21-25-5-3-6-27(18-25)28-7-4-8-29(19-28)32-40-30(22-35-13-16-38-17-14-35)20-31(41-32)26-11-9-24(23-36)10-12-26/h2-12,18-19,30-32,36H,1,13-17,20-23H2,(H,34,37). The zero-order valence-electron chi connectivity index (χ0n) is 23.2. The van der Waals surface area contributed by atoms with Crippen molar-refractivity contribution in [1.82, 2.24) is 10.2 Å². The van der Waals surface area contributed by atoms with E-state index in [1.54, 1.807) is 0 Å². The zero-order valence-corrected chi connectivity index (χ0v) is 23.2. The summed E-state index contributed by atoms with van der Waals surface area (Å²) < 4.78 is 23.7. The minimum atomic E-state index is -0.526. The number of morpholine rings is 1. The Morgan fingerprint density at radius 3 is 2.49 bits per heavy atom. The minimum absolute atomic E-state index is 0.00623. The topological polar surface area (TPSA) is 89.5 Å². The van der Waals surface area contributed by atoms with E-state index in [4.69, 9.17) is 18.9 Å². The molecule has 2 aliphatic heterocycles. The lowest BCUT2D eigenvalue weighted by atomic mass is 9.98. The minimum Gasteiger partial charge on any atom is -0.445 e. The molecule has 0 saturated carbocycles. The summed E-state index contributed by atoms with van der Waals surface area (Å²) in [5.41, 5.74) is 5.92. The van der Waals surface area contributed by atoms with Crippen LogP contribution < -0.4 is 5.32 Å². The lowest BCUT2D eigenvalue weighted by Gasteiger charge is -2.39. The number of amides is 1. The third-order valence-electron chi connectivity index (χ3n) is 7.37. The normalized spacial score (nSPS) is 21.2. The molecule has 216 valence electrons. The van der Waals surface area contributed by atoms with E-state index in [1.807, 2.05) is 54.6 Å². The highest BCUT2D eigenvalue weighted by atomic mass is 16.7. The molecule has 3 aromatic rings. The fraction of sp³-hybridized carbons (Fsp3) is 0.364. The number of carbonyl (C=O) groups excluding carboxylic acids is 1. The molecule has 3 aromatic carbocycles. The molecule has 8 heteroatoms. The number of hydrogen-bond acceptors (Lipinski definition) is 7. The average molecular weight is 559 g/mol. The van der Waals surface area contributed by atoms with Gasteiger partial charge in [0.2, 0.25) is 0 Å². The summed E-state index contributed by atoms with van der Waals surface area (Å²) in [5, 5.41) is 12.2. The van der Waals surface area contributed by atoms with E-state index in [1.165, 1.54) is 6.08 Å². The maximum absolute atomic E-state index is 11.8. The Morgan fingerprint density at radius 2 is 1.73 bits per heavy atom. The average Bonchev–Trinajstić information content (AvgIpc) is 3.03. The smallest absolute Gasteiger partial charge is 0.407 e. The van der Waals surface area contributed by atoms with Crippen molar-refractivity contribution in [3.63, 3.8) is 0 Å². The van der Waals surface area contributed by atoms with E-state index in [2.05, 4.69) is 35.0 Å². The maximum Gasteiger partial charge on any atom is 0.407 e. The Morgan fingerprint density at radius 1 is 0.976 bits per heavy atom. The number of alkyl carbamates (subject to hydrolysis) is 1. The first-order valence-corrected chi connectivity index (χ1v) is 14.1. The van der Waals surface area contributed by atoms with Crippen LogP contribution in [0.1, 0.15) is 41.1 Å². The first-order valence-electron chi connectivity index (χ1n) is 14.1. The summed E-state index contributed by atoms with van der Waals surface area (Å²) in [5.74, 6) is 0. The summed E-state index contributed by atoms with van der Waals surface area (Å²) in [6, 6.07) is 24.3. The number of aliphatic hydroxyl groups is 1. The molecule has 3 atom stereocenters. The zero-order chi connectivity index (χ0) is 28.4. The largest absolute Gasteiger partial charge is 0.445 e. The predicted octanol–water partition coefficient (Wildman–Crippen LogP) is 5.14. The molecule has 1 amide bonds. The predicted molar refractivity (Wildman–Crippen MR) is 156 cm³/mol. The van der Waals surface area contributed by atoms with Crippen molar-refractivity contribution < 1.29 is 28.8 Å². The monoisotopic (exact) mass is 558 g/mol. The van der Waals surface area contributed by atoms with Gasteiger partial charge in [-0.2, -0.15) is 0 Å². The van der Waals surface area contributed by atoms with Gasteiger partial charge in [0.05, 0.1) is 32.0 Å². The van der Waals surface area contributed by atoms with Crippen LogP contribution in [0.4, 0.5) is 4.79 Å². The molecule has 2 heterocycles. The number of nitrogens with zero attached hydrogens (tertiary/aromatic N) is 1. The summed E-state index contributed by atoms with van der Waals surface area (Å²) in [6.07, 6.45) is 1.14. The lowest BCUT2D eigenvalue weighted by Crippen LogP contribution is -2.44. The number of ether oxygens (including phenoxy) is 4. The fourth-order valence-corrected chi connectivity index (χ4v) is 5.19. The van der Waals surface area contributed by atoms with Crippen molar-refractivity contribution in [3.05, 3.63) is 108 Å². The van der Waals surface area contributed by atoms with Crippen LogP contribution in [0.3, 0.4) is 0 Å². The number of carbonyl (C=O) groups is 1. The van der Waals surface area contributed by atoms with Crippen molar-refractivity contribution in [3.8, 4) is 11.1 Å². The van der Waals surface area contributed by atoms with Crippen LogP contribution in [0.15, 0.2) is 85.5 Å². The van der Waals surface area contributed by atoms with Gasteiger partial charge in [0.1, 0.15) is 6.61 Å². The highest BCUT2D eigenvalue weighted by Gasteiger charge is 2.33. The van der Waals surface area contributed by atoms with Gasteiger partial charge in [-0.1, -0.05) is 73.3 Å². The molecule has 2 fully saturated rings. The first-order chi connectivity index (χ1) is 20.1. The van der Waals surface area contributed by atoms with Gasteiger partial charge >= 0.3 is 6.09 Å². The van der Waals surface area contributed by atoms with E-state index in [-0.39, 0.29) is 25.4 Å². The number of nitrogens with one attached hydrogen (secondary N) is 1. The summed E-state index contributed by atoms with van der Waals surface area (Å²) >= 11 is 0.